The Morgan fingerprint density at radius 3 is 2.08 bits per heavy atom. The normalized spacial score (nSPS) is 36.9. The van der Waals surface area contributed by atoms with Gasteiger partial charge in [-0.15, -0.1) is 0 Å². The van der Waals surface area contributed by atoms with Crippen LogP contribution in [0.25, 0.3) is 0 Å². The number of hydrogen-bond acceptors (Lipinski definition) is 4. The highest BCUT2D eigenvalue weighted by Gasteiger charge is 2.61. The average Bonchev–Trinajstić information content (AvgIpc) is 3.15. The van der Waals surface area contributed by atoms with E-state index < -0.39 is 25.0 Å². The largest absolute Gasteiger partial charge is 0.510 e. The van der Waals surface area contributed by atoms with Gasteiger partial charge in [-0.3, -0.25) is 0 Å². The quantitative estimate of drug-likeness (QED) is 0.273. The van der Waals surface area contributed by atoms with E-state index in [1.807, 2.05) is 0 Å². The molecule has 7 heteroatoms. The van der Waals surface area contributed by atoms with Crippen LogP contribution >= 0.6 is 0 Å². The van der Waals surface area contributed by atoms with E-state index in [1.165, 1.54) is 51.4 Å². The number of hydrogen-bond donors (Lipinski definition) is 1. The summed E-state index contributed by atoms with van der Waals surface area (Å²) in [5.41, 5.74) is 0.693. The van der Waals surface area contributed by atoms with E-state index in [4.69, 9.17) is 5.11 Å². The minimum absolute atomic E-state index is 0. The molecule has 39 heavy (non-hydrogen) atoms. The molecule has 232 valence electrons. The van der Waals surface area contributed by atoms with Crippen molar-refractivity contribution in [2.24, 2.45) is 46.3 Å². The molecular formula is C32H59F3O4. The Morgan fingerprint density at radius 2 is 1.54 bits per heavy atom. The first-order valence-corrected chi connectivity index (χ1v) is 15.3. The van der Waals surface area contributed by atoms with Crippen LogP contribution in [0.2, 0.25) is 0 Å². The third-order valence-corrected chi connectivity index (χ3v) is 10.5. The predicted molar refractivity (Wildman–Crippen MR) is 152 cm³/mol. The van der Waals surface area contributed by atoms with E-state index in [0.717, 1.165) is 30.6 Å². The lowest BCUT2D eigenvalue weighted by Gasteiger charge is -2.61. The van der Waals surface area contributed by atoms with Crippen molar-refractivity contribution >= 4 is 6.16 Å². The minimum Gasteiger partial charge on any atom is -0.432 e. The Bertz CT molecular complexity index is 727. The molecular weight excluding hydrogens is 505 g/mol. The number of halogens is 3. The van der Waals surface area contributed by atoms with Crippen molar-refractivity contribution in [1.29, 1.82) is 0 Å². The molecule has 4 nitrogen and oxygen atoms in total. The Kier molecular flexibility index (Phi) is 14.1. The van der Waals surface area contributed by atoms with E-state index in [9.17, 15) is 18.0 Å². The number of alkyl halides is 3. The zero-order valence-corrected chi connectivity index (χ0v) is 25.0. The number of rotatable bonds is 4. The molecule has 0 saturated heterocycles. The van der Waals surface area contributed by atoms with Crippen LogP contribution < -0.4 is 0 Å². The molecule has 0 aliphatic heterocycles. The molecule has 0 bridgehead atoms. The van der Waals surface area contributed by atoms with Crippen molar-refractivity contribution in [1.82, 2.24) is 0 Å². The van der Waals surface area contributed by atoms with E-state index in [0.29, 0.717) is 30.1 Å². The van der Waals surface area contributed by atoms with E-state index in [-0.39, 0.29) is 18.9 Å². The summed E-state index contributed by atoms with van der Waals surface area (Å²) in [5, 5.41) is 8.03. The number of fused-ring (bicyclic) bond motifs is 5. The molecule has 0 aromatic rings. The number of aliphatic hydroxyl groups excluding tert-OH is 1. The summed E-state index contributed by atoms with van der Waals surface area (Å²) in [6, 6.07) is 0. The van der Waals surface area contributed by atoms with E-state index >= 15 is 0 Å². The molecule has 4 rings (SSSR count). The van der Waals surface area contributed by atoms with Gasteiger partial charge in [0, 0.05) is 0 Å². The molecule has 0 aromatic heterocycles. The fraction of sp³-hybridized carbons (Fsp3) is 0.969. The summed E-state index contributed by atoms with van der Waals surface area (Å²) in [5.74, 6) is 2.49. The third kappa shape index (κ3) is 8.52. The second kappa shape index (κ2) is 15.3. The molecule has 1 N–H and O–H groups in total. The molecule has 0 spiro atoms. The fourth-order valence-corrected chi connectivity index (χ4v) is 8.77. The second-order valence-electron chi connectivity index (χ2n) is 13.2. The van der Waals surface area contributed by atoms with Crippen LogP contribution in [0.4, 0.5) is 18.0 Å². The zero-order valence-electron chi connectivity index (χ0n) is 25.0. The maximum absolute atomic E-state index is 13.3. The highest BCUT2D eigenvalue weighted by molar-refractivity contribution is 5.59. The van der Waals surface area contributed by atoms with Crippen LogP contribution in [0.5, 0.6) is 0 Å². The first-order valence-electron chi connectivity index (χ1n) is 15.3. The smallest absolute Gasteiger partial charge is 0.432 e. The lowest BCUT2D eigenvalue weighted by atomic mass is 9.44. The minimum atomic E-state index is -3.98. The van der Waals surface area contributed by atoms with Gasteiger partial charge in [0.25, 0.3) is 0 Å². The maximum Gasteiger partial charge on any atom is 0.510 e. The lowest BCUT2D eigenvalue weighted by molar-refractivity contribution is -0.208. The van der Waals surface area contributed by atoms with Crippen molar-refractivity contribution in [3.8, 4) is 0 Å². The van der Waals surface area contributed by atoms with Gasteiger partial charge in [0.15, 0.2) is 6.79 Å². The SMILES string of the molecule is C.CC(C)OC(=O)OCO.CCC.CCCC1CCC2C3CCC4CC(C(F)(F)F)CCC4(C)C3CCC12C. The molecule has 0 radical (unpaired) electrons. The summed E-state index contributed by atoms with van der Waals surface area (Å²) in [4.78, 5) is 10.2. The predicted octanol–water partition coefficient (Wildman–Crippen LogP) is 10.2. The van der Waals surface area contributed by atoms with Crippen LogP contribution in [-0.4, -0.2) is 30.3 Å². The summed E-state index contributed by atoms with van der Waals surface area (Å²) in [6.07, 6.45) is 8.12. The Hall–Kier alpha value is -0.980. The Balaban J connectivity index is 0.000000498. The molecule has 4 aliphatic rings. The monoisotopic (exact) mass is 564 g/mol. The van der Waals surface area contributed by atoms with Gasteiger partial charge in [-0.2, -0.15) is 13.2 Å². The van der Waals surface area contributed by atoms with Gasteiger partial charge in [-0.25, -0.2) is 4.79 Å². The van der Waals surface area contributed by atoms with Gasteiger partial charge in [0.1, 0.15) is 0 Å². The number of aliphatic hydroxyl groups is 1. The van der Waals surface area contributed by atoms with Gasteiger partial charge in [0.05, 0.1) is 12.0 Å². The highest BCUT2D eigenvalue weighted by atomic mass is 19.4. The third-order valence-electron chi connectivity index (χ3n) is 10.5. The maximum atomic E-state index is 13.3. The van der Waals surface area contributed by atoms with Gasteiger partial charge in [-0.05, 0) is 112 Å². The van der Waals surface area contributed by atoms with Crippen LogP contribution in [-0.2, 0) is 9.47 Å². The van der Waals surface area contributed by atoms with Gasteiger partial charge >= 0.3 is 12.3 Å². The van der Waals surface area contributed by atoms with Crippen LogP contribution in [0, 0.1) is 46.3 Å². The molecule has 8 unspecified atom stereocenters. The first-order chi connectivity index (χ1) is 17.8. The summed E-state index contributed by atoms with van der Waals surface area (Å²) in [6.45, 7) is 14.3. The molecule has 4 aliphatic carbocycles. The molecule has 0 heterocycles. The zero-order chi connectivity index (χ0) is 28.7. The summed E-state index contributed by atoms with van der Waals surface area (Å²) in [7, 11) is 0. The first kappa shape index (κ1) is 36.0. The fourth-order valence-electron chi connectivity index (χ4n) is 8.77. The Morgan fingerprint density at radius 1 is 0.949 bits per heavy atom. The second-order valence-corrected chi connectivity index (χ2v) is 13.2. The molecule has 4 saturated carbocycles. The van der Waals surface area contributed by atoms with Crippen molar-refractivity contribution < 1.29 is 32.5 Å². The topological polar surface area (TPSA) is 55.8 Å². The lowest BCUT2D eigenvalue weighted by Crippen LogP contribution is -2.54. The highest BCUT2D eigenvalue weighted by Crippen LogP contribution is 2.68. The number of carbonyl (C=O) groups excluding carboxylic acids is 1. The van der Waals surface area contributed by atoms with E-state index in [1.54, 1.807) is 13.8 Å². The average molecular weight is 565 g/mol. The molecule has 0 amide bonds. The van der Waals surface area contributed by atoms with Crippen LogP contribution in [0.1, 0.15) is 133 Å². The van der Waals surface area contributed by atoms with E-state index in [2.05, 4.69) is 44.1 Å². The number of carbonyl (C=O) groups is 1. The molecule has 8 atom stereocenters. The standard InChI is InChI=1S/C23H37F3.C5H10O4.C3H8.CH4/c1-4-5-15-7-9-19-18-8-6-16-14-17(23(24,25)26)10-12-22(16,3)20(18)11-13-21(15,19)2;1-4(2)9-5(7)8-3-6;1-3-2;/h15-20H,4-14H2,1-3H3;4,6H,3H2,1-2H3;3H2,1-2H3;1H4. The molecule has 0 aromatic carbocycles. The van der Waals surface area contributed by atoms with Crippen molar-refractivity contribution in [3.63, 3.8) is 0 Å². The number of ether oxygens (including phenoxy) is 2. The van der Waals surface area contributed by atoms with Gasteiger partial charge < -0.3 is 14.6 Å². The van der Waals surface area contributed by atoms with Crippen molar-refractivity contribution in [2.45, 2.75) is 145 Å². The van der Waals surface area contributed by atoms with Gasteiger partial charge in [-0.1, -0.05) is 61.3 Å². The van der Waals surface area contributed by atoms with Gasteiger partial charge in [0.2, 0.25) is 0 Å². The van der Waals surface area contributed by atoms with Crippen LogP contribution in [0.15, 0.2) is 0 Å². The molecule has 4 fully saturated rings. The van der Waals surface area contributed by atoms with Crippen molar-refractivity contribution in [3.05, 3.63) is 0 Å². The van der Waals surface area contributed by atoms with Crippen LogP contribution in [0.3, 0.4) is 0 Å². The Labute approximate surface area is 237 Å². The summed E-state index contributed by atoms with van der Waals surface area (Å²) < 4.78 is 48.4. The summed E-state index contributed by atoms with van der Waals surface area (Å²) >= 11 is 0. The van der Waals surface area contributed by atoms with Crippen molar-refractivity contribution in [2.75, 3.05) is 6.79 Å².